The van der Waals surface area contributed by atoms with Gasteiger partial charge in [-0.1, -0.05) is 76.2 Å². The zero-order valence-electron chi connectivity index (χ0n) is 22.2. The predicted molar refractivity (Wildman–Crippen MR) is 149 cm³/mol. The van der Waals surface area contributed by atoms with Gasteiger partial charge in [0.15, 0.2) is 0 Å². The summed E-state index contributed by atoms with van der Waals surface area (Å²) in [7, 11) is 0. The van der Waals surface area contributed by atoms with Gasteiger partial charge in [-0.15, -0.1) is 0 Å². The molecule has 4 aromatic rings. The van der Waals surface area contributed by atoms with Gasteiger partial charge in [0.2, 0.25) is 0 Å². The van der Waals surface area contributed by atoms with Gasteiger partial charge in [0.1, 0.15) is 23.0 Å². The highest BCUT2D eigenvalue weighted by Gasteiger charge is 2.44. The van der Waals surface area contributed by atoms with Crippen LogP contribution in [0.5, 0.6) is 23.0 Å². The van der Waals surface area contributed by atoms with Crippen molar-refractivity contribution in [1.29, 1.82) is 0 Å². The molecule has 0 saturated heterocycles. The minimum atomic E-state index is -1.91. The van der Waals surface area contributed by atoms with Crippen molar-refractivity contribution in [3.05, 3.63) is 119 Å². The van der Waals surface area contributed by atoms with Crippen LogP contribution in [0, 0.1) is 0 Å². The monoisotopic (exact) mass is 496 g/mol. The van der Waals surface area contributed by atoms with Crippen LogP contribution in [-0.4, -0.2) is 6.16 Å². The number of benzene rings is 4. The van der Waals surface area contributed by atoms with Gasteiger partial charge in [0.25, 0.3) is 0 Å². The molecule has 0 fully saturated rings. The van der Waals surface area contributed by atoms with Crippen LogP contribution < -0.4 is 18.9 Å². The van der Waals surface area contributed by atoms with E-state index in [1.807, 2.05) is 97.1 Å². The third kappa shape index (κ3) is 7.07. The van der Waals surface area contributed by atoms with Crippen molar-refractivity contribution >= 4 is 0 Å². The van der Waals surface area contributed by atoms with Gasteiger partial charge in [-0.2, -0.15) is 0 Å². The summed E-state index contributed by atoms with van der Waals surface area (Å²) in [6, 6.07) is 31.5. The van der Waals surface area contributed by atoms with Crippen LogP contribution in [0.3, 0.4) is 0 Å². The van der Waals surface area contributed by atoms with Crippen LogP contribution >= 0.6 is 0 Å². The Morgan fingerprint density at radius 2 is 0.541 bits per heavy atom. The predicted octanol–water partition coefficient (Wildman–Crippen LogP) is 8.16. The molecule has 0 unspecified atom stereocenters. The highest BCUT2D eigenvalue weighted by Crippen LogP contribution is 2.31. The van der Waals surface area contributed by atoms with Crippen LogP contribution in [0.4, 0.5) is 0 Å². The Kier molecular flexibility index (Phi) is 8.73. The van der Waals surface area contributed by atoms with Crippen LogP contribution in [0.15, 0.2) is 97.1 Å². The summed E-state index contributed by atoms with van der Waals surface area (Å²) in [6.45, 7) is 8.48. The molecule has 0 heterocycles. The van der Waals surface area contributed by atoms with Crippen molar-refractivity contribution in [3.8, 4) is 23.0 Å². The molecule has 0 spiro atoms. The molecule has 192 valence electrons. The third-order valence-electron chi connectivity index (χ3n) is 6.30. The summed E-state index contributed by atoms with van der Waals surface area (Å²) in [5.74, 6) is 2.27. The Morgan fingerprint density at radius 3 is 0.703 bits per heavy atom. The molecule has 0 amide bonds. The minimum absolute atomic E-state index is 0.567. The van der Waals surface area contributed by atoms with E-state index in [2.05, 4.69) is 27.7 Å². The molecule has 4 heteroatoms. The molecule has 0 atom stereocenters. The first-order valence-electron chi connectivity index (χ1n) is 13.2. The molecule has 0 aromatic heterocycles. The first kappa shape index (κ1) is 26.2. The lowest BCUT2D eigenvalue weighted by Crippen LogP contribution is -2.53. The van der Waals surface area contributed by atoms with E-state index in [1.165, 1.54) is 22.3 Å². The molecule has 4 nitrogen and oxygen atoms in total. The van der Waals surface area contributed by atoms with E-state index < -0.39 is 6.16 Å². The van der Waals surface area contributed by atoms with Crippen molar-refractivity contribution in [2.24, 2.45) is 0 Å². The Labute approximate surface area is 220 Å². The van der Waals surface area contributed by atoms with Crippen LogP contribution in [-0.2, 0) is 25.7 Å². The normalized spacial score (nSPS) is 11.1. The summed E-state index contributed by atoms with van der Waals surface area (Å²) in [4.78, 5) is 0. The Balaban J connectivity index is 1.76. The van der Waals surface area contributed by atoms with Crippen LogP contribution in [0.25, 0.3) is 0 Å². The highest BCUT2D eigenvalue weighted by atomic mass is 17.0. The van der Waals surface area contributed by atoms with Crippen molar-refractivity contribution in [1.82, 2.24) is 0 Å². The van der Waals surface area contributed by atoms with Crippen LogP contribution in [0.2, 0.25) is 0 Å². The minimum Gasteiger partial charge on any atom is -0.386 e. The molecule has 0 N–H and O–H groups in total. The molecule has 0 aliphatic heterocycles. The van der Waals surface area contributed by atoms with E-state index in [9.17, 15) is 0 Å². The van der Waals surface area contributed by atoms with Crippen molar-refractivity contribution in [2.45, 2.75) is 59.5 Å². The molecule has 4 aromatic carbocycles. The van der Waals surface area contributed by atoms with Gasteiger partial charge in [-0.05, 0) is 96.5 Å². The maximum absolute atomic E-state index is 6.42. The number of hydrogen-bond donors (Lipinski definition) is 0. The summed E-state index contributed by atoms with van der Waals surface area (Å²) in [6.07, 6.45) is 1.83. The third-order valence-corrected chi connectivity index (χ3v) is 6.30. The quantitative estimate of drug-likeness (QED) is 0.185. The molecule has 0 aliphatic rings. The maximum Gasteiger partial charge on any atom is 0.611 e. The summed E-state index contributed by atoms with van der Waals surface area (Å²) in [5.41, 5.74) is 4.84. The molecule has 0 saturated carbocycles. The first-order chi connectivity index (χ1) is 18.0. The summed E-state index contributed by atoms with van der Waals surface area (Å²) in [5, 5.41) is 0. The SMILES string of the molecule is CCc1ccc(OC(Oc2ccc(CC)cc2)(Oc2ccc(CC)cc2)Oc2ccc(CC)cc2)cc1. The lowest BCUT2D eigenvalue weighted by Gasteiger charge is -2.32. The largest absolute Gasteiger partial charge is 0.611 e. The van der Waals surface area contributed by atoms with Gasteiger partial charge in [0.05, 0.1) is 0 Å². The molecule has 37 heavy (non-hydrogen) atoms. The molecule has 4 rings (SSSR count). The summed E-state index contributed by atoms with van der Waals surface area (Å²) >= 11 is 0. The lowest BCUT2D eigenvalue weighted by atomic mass is 10.2. The molecule has 0 radical (unpaired) electrons. The average molecular weight is 497 g/mol. The second kappa shape index (κ2) is 12.4. The fourth-order valence-corrected chi connectivity index (χ4v) is 3.88. The number of rotatable bonds is 12. The van der Waals surface area contributed by atoms with Crippen molar-refractivity contribution in [2.75, 3.05) is 0 Å². The van der Waals surface area contributed by atoms with E-state index in [-0.39, 0.29) is 0 Å². The van der Waals surface area contributed by atoms with Crippen molar-refractivity contribution in [3.63, 3.8) is 0 Å². The lowest BCUT2D eigenvalue weighted by molar-refractivity contribution is -0.367. The first-order valence-corrected chi connectivity index (χ1v) is 13.2. The molecule has 0 aliphatic carbocycles. The number of ether oxygens (including phenoxy) is 4. The Morgan fingerprint density at radius 1 is 0.351 bits per heavy atom. The zero-order chi connectivity index (χ0) is 26.1. The second-order valence-corrected chi connectivity index (χ2v) is 8.90. The van der Waals surface area contributed by atoms with E-state index in [1.54, 1.807) is 0 Å². The smallest absolute Gasteiger partial charge is 0.386 e. The van der Waals surface area contributed by atoms with E-state index in [0.29, 0.717) is 23.0 Å². The topological polar surface area (TPSA) is 36.9 Å². The fourth-order valence-electron chi connectivity index (χ4n) is 3.88. The number of aryl methyl sites for hydroxylation is 4. The Bertz CT molecular complexity index is 1020. The van der Waals surface area contributed by atoms with Gasteiger partial charge in [-0.3, -0.25) is 0 Å². The van der Waals surface area contributed by atoms with Crippen LogP contribution in [0.1, 0.15) is 49.9 Å². The average Bonchev–Trinajstić information content (AvgIpc) is 2.94. The second-order valence-electron chi connectivity index (χ2n) is 8.90. The zero-order valence-corrected chi connectivity index (χ0v) is 22.2. The highest BCUT2D eigenvalue weighted by molar-refractivity contribution is 5.32. The van der Waals surface area contributed by atoms with Gasteiger partial charge in [0, 0.05) is 0 Å². The van der Waals surface area contributed by atoms with Gasteiger partial charge < -0.3 is 18.9 Å². The van der Waals surface area contributed by atoms with Gasteiger partial charge in [-0.25, -0.2) is 0 Å². The van der Waals surface area contributed by atoms with Gasteiger partial charge >= 0.3 is 6.16 Å². The van der Waals surface area contributed by atoms with E-state index in [0.717, 1.165) is 25.7 Å². The molecular formula is C33H36O4. The number of hydrogen-bond acceptors (Lipinski definition) is 4. The molecule has 0 bridgehead atoms. The summed E-state index contributed by atoms with van der Waals surface area (Å²) < 4.78 is 25.7. The maximum atomic E-state index is 6.42. The molecular weight excluding hydrogens is 460 g/mol. The Hall–Kier alpha value is -3.92. The standard InChI is InChI=1S/C33H36O4/c1-5-25-9-17-29(18-10-25)34-33(35-30-19-11-26(6-2)12-20-30,36-31-21-13-27(7-3)14-22-31)37-32-23-15-28(8-4)16-24-32/h9-24H,5-8H2,1-4H3. The van der Waals surface area contributed by atoms with E-state index in [4.69, 9.17) is 18.9 Å². The van der Waals surface area contributed by atoms with Crippen molar-refractivity contribution < 1.29 is 18.9 Å². The van der Waals surface area contributed by atoms with E-state index >= 15 is 0 Å². The fraction of sp³-hybridized carbons (Fsp3) is 0.273.